The fourth-order valence-electron chi connectivity index (χ4n) is 2.44. The molecule has 20 heavy (non-hydrogen) atoms. The first kappa shape index (κ1) is 13.2. The number of hydrogen-bond donors (Lipinski definition) is 1. The Morgan fingerprint density at radius 1 is 1.15 bits per heavy atom. The van der Waals surface area contributed by atoms with Crippen LogP contribution >= 0.6 is 11.6 Å². The Balaban J connectivity index is 1.97. The second-order valence-corrected chi connectivity index (χ2v) is 5.20. The van der Waals surface area contributed by atoms with Crippen molar-refractivity contribution in [3.63, 3.8) is 0 Å². The number of hydrogen-bond acceptors (Lipinski definition) is 2. The lowest BCUT2D eigenvalue weighted by Gasteiger charge is -2.15. The first-order chi connectivity index (χ1) is 9.66. The number of rotatable bonds is 3. The Kier molecular flexibility index (Phi) is 3.47. The van der Waals surface area contributed by atoms with Crippen LogP contribution in [0.25, 0.3) is 11.0 Å². The number of aliphatic hydroxyl groups is 1. The summed E-state index contributed by atoms with van der Waals surface area (Å²) in [6, 6.07) is 15.3. The van der Waals surface area contributed by atoms with E-state index in [0.29, 0.717) is 11.6 Å². The second-order valence-electron chi connectivity index (χ2n) is 4.80. The van der Waals surface area contributed by atoms with Crippen molar-refractivity contribution in [2.75, 3.05) is 0 Å². The minimum absolute atomic E-state index is 0.441. The molecule has 0 aliphatic heterocycles. The van der Waals surface area contributed by atoms with Crippen LogP contribution in [0, 0.1) is 6.92 Å². The van der Waals surface area contributed by atoms with Gasteiger partial charge in [0.25, 0.3) is 0 Å². The summed E-state index contributed by atoms with van der Waals surface area (Å²) in [7, 11) is 0. The highest BCUT2D eigenvalue weighted by atomic mass is 35.5. The van der Waals surface area contributed by atoms with Crippen LogP contribution in [-0.2, 0) is 6.54 Å². The quantitative estimate of drug-likeness (QED) is 0.797. The normalized spacial score (nSPS) is 12.8. The Bertz CT molecular complexity index is 751. The lowest BCUT2D eigenvalue weighted by atomic mass is 10.1. The van der Waals surface area contributed by atoms with Gasteiger partial charge in [0, 0.05) is 10.6 Å². The van der Waals surface area contributed by atoms with Crippen molar-refractivity contribution in [2.24, 2.45) is 0 Å². The van der Waals surface area contributed by atoms with Gasteiger partial charge in [-0.15, -0.1) is 0 Å². The van der Waals surface area contributed by atoms with E-state index in [-0.39, 0.29) is 0 Å². The van der Waals surface area contributed by atoms with E-state index < -0.39 is 6.10 Å². The van der Waals surface area contributed by atoms with E-state index in [2.05, 4.69) is 4.98 Å². The average molecular weight is 287 g/mol. The van der Waals surface area contributed by atoms with Crippen LogP contribution in [0.2, 0.25) is 5.02 Å². The summed E-state index contributed by atoms with van der Waals surface area (Å²) in [4.78, 5) is 4.50. The van der Waals surface area contributed by atoms with Crippen LogP contribution in [0.4, 0.5) is 0 Å². The number of benzene rings is 2. The summed E-state index contributed by atoms with van der Waals surface area (Å²) >= 11 is 6.13. The fraction of sp³-hybridized carbons (Fsp3) is 0.188. The zero-order valence-corrected chi connectivity index (χ0v) is 11.9. The van der Waals surface area contributed by atoms with Gasteiger partial charge in [-0.05, 0) is 25.1 Å². The van der Waals surface area contributed by atoms with Crippen molar-refractivity contribution in [1.82, 2.24) is 9.55 Å². The molecule has 0 aliphatic rings. The van der Waals surface area contributed by atoms with Crippen molar-refractivity contribution >= 4 is 22.6 Å². The minimum Gasteiger partial charge on any atom is -0.386 e. The molecule has 0 bridgehead atoms. The standard InChI is InChI=1S/C16H15ClN2O/c1-11-18-14-8-4-5-9-15(14)19(11)10-16(20)12-6-2-3-7-13(12)17/h2-9,16,20H,10H2,1H3. The van der Waals surface area contributed by atoms with Gasteiger partial charge in [0.2, 0.25) is 0 Å². The van der Waals surface area contributed by atoms with E-state index in [9.17, 15) is 5.11 Å². The number of aliphatic hydroxyl groups excluding tert-OH is 1. The predicted molar refractivity (Wildman–Crippen MR) is 80.9 cm³/mol. The molecule has 1 heterocycles. The third-order valence-electron chi connectivity index (χ3n) is 3.47. The van der Waals surface area contributed by atoms with Crippen molar-refractivity contribution in [3.8, 4) is 0 Å². The molecule has 1 atom stereocenters. The lowest BCUT2D eigenvalue weighted by molar-refractivity contribution is 0.157. The zero-order valence-electron chi connectivity index (χ0n) is 11.1. The summed E-state index contributed by atoms with van der Waals surface area (Å²) in [5.74, 6) is 0.886. The summed E-state index contributed by atoms with van der Waals surface area (Å²) < 4.78 is 2.02. The maximum Gasteiger partial charge on any atom is 0.106 e. The molecule has 2 aromatic carbocycles. The Labute approximate surface area is 122 Å². The third kappa shape index (κ3) is 2.30. The van der Waals surface area contributed by atoms with E-state index in [1.54, 1.807) is 6.07 Å². The maximum absolute atomic E-state index is 10.4. The molecule has 3 rings (SSSR count). The second kappa shape index (κ2) is 5.27. The highest BCUT2D eigenvalue weighted by Crippen LogP contribution is 2.26. The average Bonchev–Trinajstić information content (AvgIpc) is 2.76. The summed E-state index contributed by atoms with van der Waals surface area (Å²) in [6.07, 6.45) is -0.653. The maximum atomic E-state index is 10.4. The molecule has 0 saturated heterocycles. The van der Waals surface area contributed by atoms with Crippen LogP contribution in [0.1, 0.15) is 17.5 Å². The fourth-order valence-corrected chi connectivity index (χ4v) is 2.70. The van der Waals surface area contributed by atoms with Crippen molar-refractivity contribution in [2.45, 2.75) is 19.6 Å². The molecule has 4 heteroatoms. The van der Waals surface area contributed by atoms with Crippen molar-refractivity contribution < 1.29 is 5.11 Å². The molecule has 0 fully saturated rings. The molecule has 0 amide bonds. The minimum atomic E-state index is -0.653. The zero-order chi connectivity index (χ0) is 14.1. The third-order valence-corrected chi connectivity index (χ3v) is 3.81. The molecule has 0 spiro atoms. The predicted octanol–water partition coefficient (Wildman–Crippen LogP) is 3.73. The SMILES string of the molecule is Cc1nc2ccccc2n1CC(O)c1ccccc1Cl. The van der Waals surface area contributed by atoms with Gasteiger partial charge in [0.15, 0.2) is 0 Å². The number of para-hydroxylation sites is 2. The molecular formula is C16H15ClN2O. The Morgan fingerprint density at radius 3 is 2.65 bits per heavy atom. The largest absolute Gasteiger partial charge is 0.386 e. The number of halogens is 1. The molecule has 3 nitrogen and oxygen atoms in total. The molecule has 1 N–H and O–H groups in total. The van der Waals surface area contributed by atoms with E-state index in [0.717, 1.165) is 22.4 Å². The van der Waals surface area contributed by atoms with Gasteiger partial charge in [-0.1, -0.05) is 41.9 Å². The van der Waals surface area contributed by atoms with E-state index in [4.69, 9.17) is 11.6 Å². The van der Waals surface area contributed by atoms with E-state index >= 15 is 0 Å². The van der Waals surface area contributed by atoms with Crippen LogP contribution in [-0.4, -0.2) is 14.7 Å². The molecule has 1 aromatic heterocycles. The van der Waals surface area contributed by atoms with Gasteiger partial charge >= 0.3 is 0 Å². The van der Waals surface area contributed by atoms with Gasteiger partial charge in [0.1, 0.15) is 5.82 Å². The molecule has 0 radical (unpaired) electrons. The molecule has 1 unspecified atom stereocenters. The summed E-state index contributed by atoms with van der Waals surface area (Å²) in [5, 5.41) is 11.0. The number of aryl methyl sites for hydroxylation is 1. The molecule has 102 valence electrons. The van der Waals surface area contributed by atoms with Gasteiger partial charge in [-0.25, -0.2) is 4.98 Å². The van der Waals surface area contributed by atoms with Crippen molar-refractivity contribution in [1.29, 1.82) is 0 Å². The first-order valence-electron chi connectivity index (χ1n) is 6.51. The first-order valence-corrected chi connectivity index (χ1v) is 6.89. The summed E-state index contributed by atoms with van der Waals surface area (Å²) in [5.41, 5.74) is 2.71. The highest BCUT2D eigenvalue weighted by Gasteiger charge is 2.15. The number of imidazole rings is 1. The number of fused-ring (bicyclic) bond motifs is 1. The highest BCUT2D eigenvalue weighted by molar-refractivity contribution is 6.31. The van der Waals surface area contributed by atoms with Crippen molar-refractivity contribution in [3.05, 3.63) is 64.9 Å². The van der Waals surface area contributed by atoms with Gasteiger partial charge in [0.05, 0.1) is 23.7 Å². The summed E-state index contributed by atoms with van der Waals surface area (Å²) in [6.45, 7) is 2.38. The Morgan fingerprint density at radius 2 is 1.85 bits per heavy atom. The van der Waals surface area contributed by atoms with Crippen LogP contribution in [0.15, 0.2) is 48.5 Å². The molecule has 3 aromatic rings. The number of nitrogens with zero attached hydrogens (tertiary/aromatic N) is 2. The number of aromatic nitrogens is 2. The van der Waals surface area contributed by atoms with Gasteiger partial charge in [-0.2, -0.15) is 0 Å². The van der Waals surface area contributed by atoms with E-state index in [1.807, 2.05) is 54.0 Å². The smallest absolute Gasteiger partial charge is 0.106 e. The van der Waals surface area contributed by atoms with Crippen LogP contribution in [0.3, 0.4) is 0 Å². The molecular weight excluding hydrogens is 272 g/mol. The van der Waals surface area contributed by atoms with Crippen LogP contribution in [0.5, 0.6) is 0 Å². The lowest BCUT2D eigenvalue weighted by Crippen LogP contribution is -2.10. The topological polar surface area (TPSA) is 38.0 Å². The van der Waals surface area contributed by atoms with Gasteiger partial charge in [-0.3, -0.25) is 0 Å². The van der Waals surface area contributed by atoms with Crippen LogP contribution < -0.4 is 0 Å². The Hall–Kier alpha value is -1.84. The molecule has 0 aliphatic carbocycles. The molecule has 0 saturated carbocycles. The van der Waals surface area contributed by atoms with E-state index in [1.165, 1.54) is 0 Å². The monoisotopic (exact) mass is 286 g/mol. The van der Waals surface area contributed by atoms with Gasteiger partial charge < -0.3 is 9.67 Å².